The third-order valence-corrected chi connectivity index (χ3v) is 4.04. The number of ether oxygens (including phenoxy) is 1. The fraction of sp³-hybridized carbons (Fsp3) is 0.588. The molecule has 5 nitrogen and oxygen atoms in total. The molecule has 0 radical (unpaired) electrons. The van der Waals surface area contributed by atoms with Gasteiger partial charge in [0.2, 0.25) is 0 Å². The smallest absolute Gasteiger partial charge is 0.191 e. The number of rotatable bonds is 5. The molecule has 1 aromatic rings. The van der Waals surface area contributed by atoms with E-state index < -0.39 is 0 Å². The van der Waals surface area contributed by atoms with Crippen LogP contribution >= 0.6 is 0 Å². The van der Waals surface area contributed by atoms with Crippen molar-refractivity contribution in [2.75, 3.05) is 38.3 Å². The average Bonchev–Trinajstić information content (AvgIpc) is 2.59. The Kier molecular flexibility index (Phi) is 6.65. The molecular formula is C17H27FN4O. The van der Waals surface area contributed by atoms with E-state index in [1.54, 1.807) is 13.1 Å². The predicted molar refractivity (Wildman–Crippen MR) is 92.5 cm³/mol. The third-order valence-electron chi connectivity index (χ3n) is 4.04. The molecule has 0 bridgehead atoms. The van der Waals surface area contributed by atoms with Gasteiger partial charge in [0, 0.05) is 32.7 Å². The number of hydrogen-bond donors (Lipinski definition) is 2. The van der Waals surface area contributed by atoms with Crippen LogP contribution in [-0.2, 0) is 11.3 Å². The quantitative estimate of drug-likeness (QED) is 0.644. The van der Waals surface area contributed by atoms with Crippen molar-refractivity contribution in [1.29, 1.82) is 0 Å². The number of anilines is 1. The van der Waals surface area contributed by atoms with Gasteiger partial charge in [-0.25, -0.2) is 4.39 Å². The fourth-order valence-corrected chi connectivity index (χ4v) is 2.44. The van der Waals surface area contributed by atoms with Gasteiger partial charge in [0.1, 0.15) is 5.82 Å². The first kappa shape index (κ1) is 17.5. The molecule has 1 saturated heterocycles. The van der Waals surface area contributed by atoms with E-state index in [2.05, 4.69) is 29.5 Å². The Morgan fingerprint density at radius 2 is 2.13 bits per heavy atom. The SMILES string of the molecule is CCC(C)NC(=NC)NCc1ccc(N2CCOCC2)c(F)c1. The van der Waals surface area contributed by atoms with Crippen molar-refractivity contribution in [3.05, 3.63) is 29.6 Å². The maximum Gasteiger partial charge on any atom is 0.191 e. The van der Waals surface area contributed by atoms with Crippen molar-refractivity contribution < 1.29 is 9.13 Å². The topological polar surface area (TPSA) is 48.9 Å². The fourth-order valence-electron chi connectivity index (χ4n) is 2.44. The van der Waals surface area contributed by atoms with Gasteiger partial charge in [0.15, 0.2) is 5.96 Å². The summed E-state index contributed by atoms with van der Waals surface area (Å²) in [7, 11) is 1.74. The van der Waals surface area contributed by atoms with E-state index in [1.165, 1.54) is 0 Å². The molecule has 1 aliphatic heterocycles. The highest BCUT2D eigenvalue weighted by Crippen LogP contribution is 2.21. The van der Waals surface area contributed by atoms with Crippen molar-refractivity contribution in [2.45, 2.75) is 32.9 Å². The molecule has 1 unspecified atom stereocenters. The van der Waals surface area contributed by atoms with Gasteiger partial charge in [0.25, 0.3) is 0 Å². The van der Waals surface area contributed by atoms with Gasteiger partial charge in [-0.2, -0.15) is 0 Å². The van der Waals surface area contributed by atoms with E-state index >= 15 is 0 Å². The minimum Gasteiger partial charge on any atom is -0.378 e. The number of benzene rings is 1. The summed E-state index contributed by atoms with van der Waals surface area (Å²) in [5.41, 5.74) is 1.55. The summed E-state index contributed by atoms with van der Waals surface area (Å²) in [4.78, 5) is 6.21. The van der Waals surface area contributed by atoms with E-state index in [-0.39, 0.29) is 5.82 Å². The molecular weight excluding hydrogens is 295 g/mol. The van der Waals surface area contributed by atoms with E-state index in [9.17, 15) is 4.39 Å². The largest absolute Gasteiger partial charge is 0.378 e. The van der Waals surface area contributed by atoms with Crippen LogP contribution in [0.1, 0.15) is 25.8 Å². The zero-order chi connectivity index (χ0) is 16.7. The number of halogens is 1. The minimum atomic E-state index is -0.184. The Labute approximate surface area is 137 Å². The van der Waals surface area contributed by atoms with Crippen LogP contribution in [0.4, 0.5) is 10.1 Å². The van der Waals surface area contributed by atoms with Gasteiger partial charge in [-0.15, -0.1) is 0 Å². The first-order valence-corrected chi connectivity index (χ1v) is 8.22. The summed E-state index contributed by atoms with van der Waals surface area (Å²) in [5, 5.41) is 6.50. The monoisotopic (exact) mass is 322 g/mol. The normalized spacial score (nSPS) is 17.0. The second-order valence-electron chi connectivity index (χ2n) is 5.76. The van der Waals surface area contributed by atoms with Crippen LogP contribution in [0, 0.1) is 5.82 Å². The highest BCUT2D eigenvalue weighted by Gasteiger charge is 2.15. The minimum absolute atomic E-state index is 0.184. The lowest BCUT2D eigenvalue weighted by atomic mass is 10.1. The molecule has 0 spiro atoms. The van der Waals surface area contributed by atoms with Crippen molar-refractivity contribution in [2.24, 2.45) is 4.99 Å². The maximum absolute atomic E-state index is 14.3. The van der Waals surface area contributed by atoms with Crippen LogP contribution in [0.5, 0.6) is 0 Å². The molecule has 0 amide bonds. The number of nitrogens with one attached hydrogen (secondary N) is 2. The Hall–Kier alpha value is -1.82. The second kappa shape index (κ2) is 8.72. The molecule has 6 heteroatoms. The molecule has 1 atom stereocenters. The highest BCUT2D eigenvalue weighted by atomic mass is 19.1. The standard InChI is InChI=1S/C17H27FN4O/c1-4-13(2)21-17(19-3)20-12-14-5-6-16(15(18)11-14)22-7-9-23-10-8-22/h5-6,11,13H,4,7-10,12H2,1-3H3,(H2,19,20,21). The summed E-state index contributed by atoms with van der Waals surface area (Å²) in [6.07, 6.45) is 1.02. The van der Waals surface area contributed by atoms with Crippen LogP contribution in [0.15, 0.2) is 23.2 Å². The van der Waals surface area contributed by atoms with Crippen LogP contribution in [0.3, 0.4) is 0 Å². The molecule has 23 heavy (non-hydrogen) atoms. The molecule has 1 aromatic carbocycles. The maximum atomic E-state index is 14.3. The van der Waals surface area contributed by atoms with E-state index in [0.717, 1.165) is 31.0 Å². The summed E-state index contributed by atoms with van der Waals surface area (Å²) in [5.74, 6) is 0.549. The lowest BCUT2D eigenvalue weighted by Gasteiger charge is -2.29. The Morgan fingerprint density at radius 1 is 1.39 bits per heavy atom. The van der Waals surface area contributed by atoms with Crippen molar-refractivity contribution in [1.82, 2.24) is 10.6 Å². The van der Waals surface area contributed by atoms with Crippen LogP contribution < -0.4 is 15.5 Å². The lowest BCUT2D eigenvalue weighted by molar-refractivity contribution is 0.122. The highest BCUT2D eigenvalue weighted by molar-refractivity contribution is 5.79. The lowest BCUT2D eigenvalue weighted by Crippen LogP contribution is -2.41. The van der Waals surface area contributed by atoms with Gasteiger partial charge in [-0.05, 0) is 31.0 Å². The van der Waals surface area contributed by atoms with Crippen molar-refractivity contribution in [3.8, 4) is 0 Å². The Morgan fingerprint density at radius 3 is 2.74 bits per heavy atom. The molecule has 1 fully saturated rings. The summed E-state index contributed by atoms with van der Waals surface area (Å²) in [6, 6.07) is 5.75. The average molecular weight is 322 g/mol. The molecule has 2 N–H and O–H groups in total. The summed E-state index contributed by atoms with van der Waals surface area (Å²) < 4.78 is 19.7. The molecule has 0 aromatic heterocycles. The number of morpholine rings is 1. The zero-order valence-electron chi connectivity index (χ0n) is 14.2. The van der Waals surface area contributed by atoms with Crippen LogP contribution in [0.25, 0.3) is 0 Å². The first-order valence-electron chi connectivity index (χ1n) is 8.22. The van der Waals surface area contributed by atoms with Gasteiger partial charge in [0.05, 0.1) is 18.9 Å². The second-order valence-corrected chi connectivity index (χ2v) is 5.76. The summed E-state index contributed by atoms with van der Waals surface area (Å²) >= 11 is 0. The molecule has 128 valence electrons. The molecule has 0 aliphatic carbocycles. The molecule has 0 saturated carbocycles. The van der Waals surface area contributed by atoms with Gasteiger partial charge >= 0.3 is 0 Å². The number of nitrogens with zero attached hydrogens (tertiary/aromatic N) is 2. The third kappa shape index (κ3) is 5.10. The zero-order valence-corrected chi connectivity index (χ0v) is 14.2. The first-order chi connectivity index (χ1) is 11.1. The van der Waals surface area contributed by atoms with Crippen molar-refractivity contribution in [3.63, 3.8) is 0 Å². The van der Waals surface area contributed by atoms with Crippen molar-refractivity contribution >= 4 is 11.6 Å². The van der Waals surface area contributed by atoms with Crippen LogP contribution in [0.2, 0.25) is 0 Å². The van der Waals surface area contributed by atoms with Crippen LogP contribution in [-0.4, -0.2) is 45.4 Å². The van der Waals surface area contributed by atoms with E-state index in [4.69, 9.17) is 4.74 Å². The number of aliphatic imine (C=N–C) groups is 1. The van der Waals surface area contributed by atoms with E-state index in [0.29, 0.717) is 31.5 Å². The summed E-state index contributed by atoms with van der Waals surface area (Å²) in [6.45, 7) is 7.53. The molecule has 1 heterocycles. The van der Waals surface area contributed by atoms with Gasteiger partial charge < -0.3 is 20.3 Å². The number of hydrogen-bond acceptors (Lipinski definition) is 3. The molecule has 1 aliphatic rings. The number of guanidine groups is 1. The Balaban J connectivity index is 1.94. The van der Waals surface area contributed by atoms with Gasteiger partial charge in [-0.3, -0.25) is 4.99 Å². The van der Waals surface area contributed by atoms with E-state index in [1.807, 2.05) is 17.0 Å². The predicted octanol–water partition coefficient (Wildman–Crippen LogP) is 2.13. The molecule has 2 rings (SSSR count). The Bertz CT molecular complexity index is 529. The van der Waals surface area contributed by atoms with Gasteiger partial charge in [-0.1, -0.05) is 13.0 Å².